The average Bonchev–Trinajstić information content (AvgIpc) is 2.75. The highest BCUT2D eigenvalue weighted by Gasteiger charge is 2.24. The zero-order chi connectivity index (χ0) is 14.9. The molecule has 0 saturated heterocycles. The van der Waals surface area contributed by atoms with Crippen molar-refractivity contribution in [2.24, 2.45) is 0 Å². The molecule has 2 aromatic rings. The van der Waals surface area contributed by atoms with Crippen LogP contribution in [-0.2, 0) is 10.0 Å². The summed E-state index contributed by atoms with van der Waals surface area (Å²) in [6.45, 7) is 1.36. The molecular weight excluding hydrogens is 308 g/mol. The minimum Gasteiger partial charge on any atom is -0.475 e. The SMILES string of the molecule is Cc1oc(C(=O)O)cc1S(=O)(=O)Nc1ccc(Cl)nc1. The molecule has 0 aliphatic carbocycles. The van der Waals surface area contributed by atoms with Crippen LogP contribution in [-0.4, -0.2) is 24.5 Å². The number of halogens is 1. The number of aromatic nitrogens is 1. The van der Waals surface area contributed by atoms with E-state index in [1.54, 1.807) is 0 Å². The number of aryl methyl sites for hydroxylation is 1. The number of carbonyl (C=O) groups is 1. The fraction of sp³-hybridized carbons (Fsp3) is 0.0909. The van der Waals surface area contributed by atoms with Crippen molar-refractivity contribution in [2.45, 2.75) is 11.8 Å². The second kappa shape index (κ2) is 5.14. The van der Waals surface area contributed by atoms with E-state index < -0.39 is 21.8 Å². The Bertz CT molecular complexity index is 752. The lowest BCUT2D eigenvalue weighted by atomic mass is 10.4. The maximum Gasteiger partial charge on any atom is 0.371 e. The zero-order valence-corrected chi connectivity index (χ0v) is 11.7. The van der Waals surface area contributed by atoms with E-state index in [4.69, 9.17) is 21.1 Å². The van der Waals surface area contributed by atoms with E-state index in [9.17, 15) is 13.2 Å². The van der Waals surface area contributed by atoms with Gasteiger partial charge in [0.15, 0.2) is 0 Å². The van der Waals surface area contributed by atoms with E-state index >= 15 is 0 Å². The summed E-state index contributed by atoms with van der Waals surface area (Å²) in [5, 5.41) is 9.00. The average molecular weight is 317 g/mol. The molecule has 0 aliphatic heterocycles. The number of carboxylic acid groups (broad SMARTS) is 1. The van der Waals surface area contributed by atoms with Crippen LogP contribution in [0.5, 0.6) is 0 Å². The van der Waals surface area contributed by atoms with Gasteiger partial charge in [0.25, 0.3) is 10.0 Å². The highest BCUT2D eigenvalue weighted by molar-refractivity contribution is 7.92. The van der Waals surface area contributed by atoms with E-state index in [0.29, 0.717) is 0 Å². The van der Waals surface area contributed by atoms with Gasteiger partial charge in [0.2, 0.25) is 5.76 Å². The van der Waals surface area contributed by atoms with E-state index in [1.807, 2.05) is 0 Å². The van der Waals surface area contributed by atoms with Gasteiger partial charge in [0, 0.05) is 6.07 Å². The van der Waals surface area contributed by atoms with Gasteiger partial charge in [-0.1, -0.05) is 11.6 Å². The third-order valence-corrected chi connectivity index (χ3v) is 4.06. The molecule has 0 saturated carbocycles. The lowest BCUT2D eigenvalue weighted by molar-refractivity contribution is 0.0661. The molecule has 9 heteroatoms. The van der Waals surface area contributed by atoms with Crippen LogP contribution in [0.2, 0.25) is 5.15 Å². The van der Waals surface area contributed by atoms with Crippen molar-refractivity contribution in [1.29, 1.82) is 0 Å². The summed E-state index contributed by atoms with van der Waals surface area (Å²) in [6, 6.07) is 3.80. The van der Waals surface area contributed by atoms with Crippen molar-refractivity contribution in [1.82, 2.24) is 4.98 Å². The number of pyridine rings is 1. The fourth-order valence-electron chi connectivity index (χ4n) is 1.48. The van der Waals surface area contributed by atoms with Crippen LogP contribution in [0.15, 0.2) is 33.7 Å². The number of sulfonamides is 1. The highest BCUT2D eigenvalue weighted by Crippen LogP contribution is 2.23. The number of furan rings is 1. The summed E-state index contributed by atoms with van der Waals surface area (Å²) in [7, 11) is -3.96. The van der Waals surface area contributed by atoms with Gasteiger partial charge in [-0.05, 0) is 19.1 Å². The summed E-state index contributed by atoms with van der Waals surface area (Å²) in [5.74, 6) is -1.81. The van der Waals surface area contributed by atoms with Crippen LogP contribution in [0.25, 0.3) is 0 Å². The molecule has 0 spiro atoms. The number of hydrogen-bond donors (Lipinski definition) is 2. The first kappa shape index (κ1) is 14.4. The summed E-state index contributed by atoms with van der Waals surface area (Å²) in [6.07, 6.45) is 1.24. The Balaban J connectivity index is 2.35. The topological polar surface area (TPSA) is 109 Å². The Morgan fingerprint density at radius 2 is 2.15 bits per heavy atom. The number of nitrogens with zero attached hydrogens (tertiary/aromatic N) is 1. The smallest absolute Gasteiger partial charge is 0.371 e. The van der Waals surface area contributed by atoms with E-state index in [1.165, 1.54) is 25.3 Å². The van der Waals surface area contributed by atoms with Crippen LogP contribution < -0.4 is 4.72 Å². The molecule has 7 nitrogen and oxygen atoms in total. The molecule has 0 aliphatic rings. The third-order valence-electron chi connectivity index (χ3n) is 2.35. The Morgan fingerprint density at radius 3 is 2.65 bits per heavy atom. The van der Waals surface area contributed by atoms with E-state index in [2.05, 4.69) is 9.71 Å². The molecule has 0 atom stereocenters. The Hall–Kier alpha value is -2.06. The van der Waals surface area contributed by atoms with Crippen LogP contribution in [0.4, 0.5) is 5.69 Å². The van der Waals surface area contributed by atoms with Crippen LogP contribution in [0.1, 0.15) is 16.3 Å². The Labute approximate surface area is 119 Å². The van der Waals surface area contributed by atoms with Gasteiger partial charge in [-0.15, -0.1) is 0 Å². The normalized spacial score (nSPS) is 11.3. The molecule has 2 aromatic heterocycles. The minimum atomic E-state index is -3.96. The second-order valence-electron chi connectivity index (χ2n) is 3.81. The number of carboxylic acids is 1. The molecule has 2 heterocycles. The molecule has 2 N–H and O–H groups in total. The molecule has 0 unspecified atom stereocenters. The predicted octanol–water partition coefficient (Wildman–Crippen LogP) is 2.14. The van der Waals surface area contributed by atoms with Crippen molar-refractivity contribution in [2.75, 3.05) is 4.72 Å². The maximum atomic E-state index is 12.1. The molecule has 0 radical (unpaired) electrons. The van der Waals surface area contributed by atoms with E-state index in [-0.39, 0.29) is 21.5 Å². The van der Waals surface area contributed by atoms with Gasteiger partial charge in [0.1, 0.15) is 15.8 Å². The summed E-state index contributed by atoms with van der Waals surface area (Å²) in [5.41, 5.74) is 0.201. The number of rotatable bonds is 4. The summed E-state index contributed by atoms with van der Waals surface area (Å²) < 4.78 is 31.4. The van der Waals surface area contributed by atoms with Crippen molar-refractivity contribution in [3.8, 4) is 0 Å². The quantitative estimate of drug-likeness (QED) is 0.836. The first-order valence-electron chi connectivity index (χ1n) is 5.28. The van der Waals surface area contributed by atoms with Crippen molar-refractivity contribution in [3.63, 3.8) is 0 Å². The number of anilines is 1. The molecule has 20 heavy (non-hydrogen) atoms. The third kappa shape index (κ3) is 2.91. The zero-order valence-electron chi connectivity index (χ0n) is 10.1. The summed E-state index contributed by atoms with van der Waals surface area (Å²) in [4.78, 5) is 14.2. The fourth-order valence-corrected chi connectivity index (χ4v) is 2.82. The van der Waals surface area contributed by atoms with Gasteiger partial charge >= 0.3 is 5.97 Å². The molecule has 2 rings (SSSR count). The second-order valence-corrected chi connectivity index (χ2v) is 5.85. The Kier molecular flexibility index (Phi) is 3.69. The number of hydrogen-bond acceptors (Lipinski definition) is 5. The van der Waals surface area contributed by atoms with Gasteiger partial charge in [-0.2, -0.15) is 0 Å². The molecule has 0 bridgehead atoms. The van der Waals surface area contributed by atoms with Crippen LogP contribution in [0.3, 0.4) is 0 Å². The molecule has 106 valence electrons. The maximum absolute atomic E-state index is 12.1. The van der Waals surface area contributed by atoms with Gasteiger partial charge in [-0.25, -0.2) is 18.2 Å². The monoisotopic (exact) mass is 316 g/mol. The molecule has 0 fully saturated rings. The lowest BCUT2D eigenvalue weighted by Crippen LogP contribution is -2.13. The van der Waals surface area contributed by atoms with Crippen molar-refractivity contribution >= 4 is 33.3 Å². The van der Waals surface area contributed by atoms with Gasteiger partial charge in [0.05, 0.1) is 11.9 Å². The van der Waals surface area contributed by atoms with Crippen molar-refractivity contribution in [3.05, 3.63) is 41.1 Å². The lowest BCUT2D eigenvalue weighted by Gasteiger charge is -2.06. The first-order valence-corrected chi connectivity index (χ1v) is 7.14. The largest absolute Gasteiger partial charge is 0.475 e. The Morgan fingerprint density at radius 1 is 1.45 bits per heavy atom. The van der Waals surface area contributed by atoms with Crippen LogP contribution in [0, 0.1) is 6.92 Å². The minimum absolute atomic E-state index is 0.0168. The highest BCUT2D eigenvalue weighted by atomic mass is 35.5. The number of aromatic carboxylic acids is 1. The van der Waals surface area contributed by atoms with Gasteiger partial charge in [-0.3, -0.25) is 4.72 Å². The summed E-state index contributed by atoms with van der Waals surface area (Å²) >= 11 is 5.59. The standard InChI is InChI=1S/C11H9ClN2O5S/c1-6-9(4-8(19-6)11(15)16)20(17,18)14-7-2-3-10(12)13-5-7/h2-5,14H,1H3,(H,15,16). The first-order chi connectivity index (χ1) is 9.29. The molecule has 0 aromatic carbocycles. The number of nitrogens with one attached hydrogen (secondary N) is 1. The van der Waals surface area contributed by atoms with Crippen molar-refractivity contribution < 1.29 is 22.7 Å². The molecule has 0 amide bonds. The predicted molar refractivity (Wildman–Crippen MR) is 70.5 cm³/mol. The van der Waals surface area contributed by atoms with E-state index in [0.717, 1.165) is 6.07 Å². The van der Waals surface area contributed by atoms with Gasteiger partial charge < -0.3 is 9.52 Å². The van der Waals surface area contributed by atoms with Crippen LogP contribution >= 0.6 is 11.6 Å². The molecular formula is C11H9ClN2O5S.